The molecule has 36 heavy (non-hydrogen) atoms. The van der Waals surface area contributed by atoms with E-state index in [1.54, 1.807) is 7.11 Å². The zero-order chi connectivity index (χ0) is 25.2. The minimum Gasteiger partial charge on any atom is -0.496 e. The van der Waals surface area contributed by atoms with Crippen LogP contribution in [-0.4, -0.2) is 67.5 Å². The van der Waals surface area contributed by atoms with Crippen molar-refractivity contribution in [3.8, 4) is 5.75 Å². The average Bonchev–Trinajstić information content (AvgIpc) is 3.15. The van der Waals surface area contributed by atoms with Crippen LogP contribution in [0.15, 0.2) is 54.6 Å². The van der Waals surface area contributed by atoms with E-state index in [2.05, 4.69) is 52.5 Å². The highest BCUT2D eigenvalue weighted by atomic mass is 16.5. The Labute approximate surface area is 215 Å². The first-order valence-electron chi connectivity index (χ1n) is 13.4. The number of rotatable bonds is 5. The highest BCUT2D eigenvalue weighted by Crippen LogP contribution is 2.46. The van der Waals surface area contributed by atoms with Gasteiger partial charge in [-0.25, -0.2) is 0 Å². The van der Waals surface area contributed by atoms with Crippen molar-refractivity contribution in [1.29, 1.82) is 0 Å². The van der Waals surface area contributed by atoms with Gasteiger partial charge in [-0.05, 0) is 63.9 Å². The number of hydrogen-bond donors (Lipinski definition) is 1. The van der Waals surface area contributed by atoms with Crippen LogP contribution in [0, 0.1) is 5.41 Å². The number of para-hydroxylation sites is 1. The minimum atomic E-state index is -0.461. The first-order chi connectivity index (χ1) is 17.4. The molecule has 3 aliphatic rings. The second-order valence-electron chi connectivity index (χ2n) is 11.1. The Kier molecular flexibility index (Phi) is 7.07. The largest absolute Gasteiger partial charge is 0.496 e. The number of ether oxygens (including phenoxy) is 1. The molecule has 2 atom stereocenters. The SMILES string of the molecule is COc1ccccc1[C@@H]1CN(C(=O)C2(Cc3ccccc3)CCN(C)CC2)C[C@]12CCCCC(=O)N2. The van der Waals surface area contributed by atoms with E-state index < -0.39 is 11.0 Å². The molecule has 0 unspecified atom stereocenters. The number of likely N-dealkylation sites (tertiary alicyclic amines) is 2. The predicted molar refractivity (Wildman–Crippen MR) is 141 cm³/mol. The average molecular weight is 490 g/mol. The fourth-order valence-corrected chi connectivity index (χ4v) is 6.76. The number of carbonyl (C=O) groups is 2. The summed E-state index contributed by atoms with van der Waals surface area (Å²) in [5.74, 6) is 1.17. The second kappa shape index (κ2) is 10.3. The summed E-state index contributed by atoms with van der Waals surface area (Å²) in [6, 6.07) is 18.5. The van der Waals surface area contributed by atoms with Gasteiger partial charge in [0.25, 0.3) is 0 Å². The molecule has 3 aliphatic heterocycles. The molecule has 5 rings (SSSR count). The molecular weight excluding hydrogens is 450 g/mol. The molecule has 6 nitrogen and oxygen atoms in total. The molecule has 2 amide bonds. The molecule has 6 heteroatoms. The van der Waals surface area contributed by atoms with Crippen LogP contribution in [0.3, 0.4) is 0 Å². The van der Waals surface area contributed by atoms with Gasteiger partial charge in [0.05, 0.1) is 18.1 Å². The van der Waals surface area contributed by atoms with Gasteiger partial charge >= 0.3 is 0 Å². The molecule has 0 aliphatic carbocycles. The van der Waals surface area contributed by atoms with Gasteiger partial charge in [-0.2, -0.15) is 0 Å². The molecule has 192 valence electrons. The summed E-state index contributed by atoms with van der Waals surface area (Å²) in [5, 5.41) is 3.41. The maximum absolute atomic E-state index is 14.5. The van der Waals surface area contributed by atoms with E-state index in [1.165, 1.54) is 5.56 Å². The van der Waals surface area contributed by atoms with Crippen LogP contribution in [-0.2, 0) is 16.0 Å². The number of methoxy groups -OCH3 is 1. The van der Waals surface area contributed by atoms with Crippen molar-refractivity contribution in [2.45, 2.75) is 56.4 Å². The third-order valence-corrected chi connectivity index (χ3v) is 8.79. The summed E-state index contributed by atoms with van der Waals surface area (Å²) < 4.78 is 5.75. The third-order valence-electron chi connectivity index (χ3n) is 8.79. The maximum Gasteiger partial charge on any atom is 0.229 e. The van der Waals surface area contributed by atoms with E-state index in [4.69, 9.17) is 4.74 Å². The lowest BCUT2D eigenvalue weighted by atomic mass is 9.72. The van der Waals surface area contributed by atoms with Gasteiger partial charge in [0.2, 0.25) is 11.8 Å². The molecule has 0 radical (unpaired) electrons. The van der Waals surface area contributed by atoms with Gasteiger partial charge in [0, 0.05) is 31.0 Å². The molecule has 3 saturated heterocycles. The summed E-state index contributed by atoms with van der Waals surface area (Å²) in [6.45, 7) is 3.01. The number of amides is 2. The summed E-state index contributed by atoms with van der Waals surface area (Å²) >= 11 is 0. The zero-order valence-corrected chi connectivity index (χ0v) is 21.7. The van der Waals surface area contributed by atoms with Crippen LogP contribution in [0.25, 0.3) is 0 Å². The fraction of sp³-hybridized carbons (Fsp3) is 0.533. The number of piperidine rings is 1. The monoisotopic (exact) mass is 489 g/mol. The van der Waals surface area contributed by atoms with Crippen molar-refractivity contribution >= 4 is 11.8 Å². The van der Waals surface area contributed by atoms with Gasteiger partial charge in [-0.1, -0.05) is 55.0 Å². The normalized spacial score (nSPS) is 26.4. The van der Waals surface area contributed by atoms with Gasteiger partial charge in [0.1, 0.15) is 5.75 Å². The van der Waals surface area contributed by atoms with Crippen LogP contribution in [0.2, 0.25) is 0 Å². The van der Waals surface area contributed by atoms with Crippen molar-refractivity contribution in [1.82, 2.24) is 15.1 Å². The zero-order valence-electron chi connectivity index (χ0n) is 21.7. The molecule has 3 heterocycles. The van der Waals surface area contributed by atoms with Crippen molar-refractivity contribution in [2.24, 2.45) is 5.41 Å². The second-order valence-corrected chi connectivity index (χ2v) is 11.1. The number of nitrogens with one attached hydrogen (secondary N) is 1. The standard InChI is InChI=1S/C30H39N3O3/c1-32-18-16-29(17-19-32,20-23-10-4-3-5-11-23)28(35)33-21-25(24-12-6-7-13-26(24)36-2)30(22-33)15-9-8-14-27(34)31-30/h3-7,10-13,25H,8-9,14-22H2,1-2H3,(H,31,34)/t25-,30+/m0/s1. The Balaban J connectivity index is 1.50. The van der Waals surface area contributed by atoms with Crippen LogP contribution < -0.4 is 10.1 Å². The van der Waals surface area contributed by atoms with E-state index in [9.17, 15) is 9.59 Å². The molecule has 0 saturated carbocycles. The lowest BCUT2D eigenvalue weighted by Gasteiger charge is -2.42. The van der Waals surface area contributed by atoms with Crippen LogP contribution >= 0.6 is 0 Å². The summed E-state index contributed by atoms with van der Waals surface area (Å²) in [6.07, 6.45) is 5.77. The summed E-state index contributed by atoms with van der Waals surface area (Å²) in [4.78, 5) is 31.8. The highest BCUT2D eigenvalue weighted by Gasteiger charge is 2.54. The fourth-order valence-electron chi connectivity index (χ4n) is 6.76. The summed E-state index contributed by atoms with van der Waals surface area (Å²) in [5.41, 5.74) is 1.42. The maximum atomic E-state index is 14.5. The number of carbonyl (C=O) groups excluding carboxylic acids is 2. The quantitative estimate of drug-likeness (QED) is 0.690. The van der Waals surface area contributed by atoms with Crippen LogP contribution in [0.1, 0.15) is 55.6 Å². The minimum absolute atomic E-state index is 0.000288. The van der Waals surface area contributed by atoms with E-state index in [1.807, 2.05) is 24.3 Å². The molecule has 3 fully saturated rings. The molecule has 2 aromatic rings. The number of hydrogen-bond acceptors (Lipinski definition) is 4. The van der Waals surface area contributed by atoms with E-state index in [-0.39, 0.29) is 17.7 Å². The topological polar surface area (TPSA) is 61.9 Å². The van der Waals surface area contributed by atoms with E-state index in [0.717, 1.165) is 62.9 Å². The molecule has 1 spiro atoms. The van der Waals surface area contributed by atoms with Crippen molar-refractivity contribution in [3.05, 3.63) is 65.7 Å². The molecule has 2 aromatic carbocycles. The Morgan fingerprint density at radius 3 is 2.50 bits per heavy atom. The third kappa shape index (κ3) is 4.75. The van der Waals surface area contributed by atoms with E-state index >= 15 is 0 Å². The van der Waals surface area contributed by atoms with Crippen LogP contribution in [0.5, 0.6) is 5.75 Å². The van der Waals surface area contributed by atoms with Crippen LogP contribution in [0.4, 0.5) is 0 Å². The Morgan fingerprint density at radius 1 is 1.03 bits per heavy atom. The van der Waals surface area contributed by atoms with Crippen molar-refractivity contribution < 1.29 is 14.3 Å². The molecule has 0 bridgehead atoms. The number of benzene rings is 2. The lowest BCUT2D eigenvalue weighted by molar-refractivity contribution is -0.144. The van der Waals surface area contributed by atoms with E-state index in [0.29, 0.717) is 19.5 Å². The van der Waals surface area contributed by atoms with Gasteiger partial charge in [0.15, 0.2) is 0 Å². The molecule has 0 aromatic heterocycles. The van der Waals surface area contributed by atoms with Crippen molar-refractivity contribution in [3.63, 3.8) is 0 Å². The Hall–Kier alpha value is -2.86. The lowest BCUT2D eigenvalue weighted by Crippen LogP contribution is -2.54. The van der Waals surface area contributed by atoms with Gasteiger partial charge in [-0.3, -0.25) is 9.59 Å². The first-order valence-corrected chi connectivity index (χ1v) is 13.4. The molecule has 1 N–H and O–H groups in total. The predicted octanol–water partition coefficient (Wildman–Crippen LogP) is 4.00. The van der Waals surface area contributed by atoms with Gasteiger partial charge in [-0.15, -0.1) is 0 Å². The highest BCUT2D eigenvalue weighted by molar-refractivity contribution is 5.84. The van der Waals surface area contributed by atoms with Gasteiger partial charge < -0.3 is 19.9 Å². The Morgan fingerprint density at radius 2 is 1.75 bits per heavy atom. The first kappa shape index (κ1) is 24.8. The number of nitrogens with zero attached hydrogens (tertiary/aromatic N) is 2. The van der Waals surface area contributed by atoms with Crippen molar-refractivity contribution in [2.75, 3.05) is 40.3 Å². The Bertz CT molecular complexity index is 1080. The summed E-state index contributed by atoms with van der Waals surface area (Å²) in [7, 11) is 3.84. The molecular formula is C30H39N3O3. The smallest absolute Gasteiger partial charge is 0.229 e.